The highest BCUT2D eigenvalue weighted by atomic mass is 35.5. The fraction of sp³-hybridized carbons (Fsp3) is 0.238. The van der Waals surface area contributed by atoms with Gasteiger partial charge in [-0.2, -0.15) is 5.26 Å². The molecular formula is C21H19ClN2O3. The molecule has 2 aromatic carbocycles. The number of hydrogen-bond acceptors (Lipinski definition) is 4. The lowest BCUT2D eigenvalue weighted by Gasteiger charge is -2.14. The second-order valence-corrected chi connectivity index (χ2v) is 6.56. The molecule has 1 amide bonds. The van der Waals surface area contributed by atoms with Crippen LogP contribution in [0.15, 0.2) is 48.0 Å². The molecule has 3 rings (SSSR count). The van der Waals surface area contributed by atoms with Crippen LogP contribution in [0.4, 0.5) is 0 Å². The fourth-order valence-electron chi connectivity index (χ4n) is 2.75. The highest BCUT2D eigenvalue weighted by Crippen LogP contribution is 2.38. The molecule has 1 aliphatic rings. The van der Waals surface area contributed by atoms with Crippen molar-refractivity contribution >= 4 is 23.6 Å². The van der Waals surface area contributed by atoms with Crippen molar-refractivity contribution < 1.29 is 14.3 Å². The number of nitriles is 1. The molecule has 0 bridgehead atoms. The summed E-state index contributed by atoms with van der Waals surface area (Å²) in [6, 6.07) is 14.7. The van der Waals surface area contributed by atoms with E-state index in [4.69, 9.17) is 21.1 Å². The Morgan fingerprint density at radius 1 is 1.26 bits per heavy atom. The molecule has 0 saturated carbocycles. The lowest BCUT2D eigenvalue weighted by Crippen LogP contribution is -2.27. The first kappa shape index (κ1) is 18.8. The first-order chi connectivity index (χ1) is 13.1. The predicted octanol–water partition coefficient (Wildman–Crippen LogP) is 4.29. The van der Waals surface area contributed by atoms with Crippen LogP contribution in [0.3, 0.4) is 0 Å². The van der Waals surface area contributed by atoms with E-state index in [1.165, 1.54) is 6.08 Å². The summed E-state index contributed by atoms with van der Waals surface area (Å²) in [5.41, 5.74) is 1.55. The van der Waals surface area contributed by atoms with Gasteiger partial charge in [0.2, 0.25) is 0 Å². The van der Waals surface area contributed by atoms with Crippen LogP contribution in [-0.4, -0.2) is 19.1 Å². The van der Waals surface area contributed by atoms with Gasteiger partial charge in [-0.05, 0) is 36.3 Å². The Balaban J connectivity index is 1.82. The van der Waals surface area contributed by atoms with Crippen LogP contribution in [0.5, 0.6) is 11.5 Å². The van der Waals surface area contributed by atoms with Crippen LogP contribution < -0.4 is 14.8 Å². The maximum Gasteiger partial charge on any atom is 0.262 e. The summed E-state index contributed by atoms with van der Waals surface area (Å²) < 4.78 is 11.2. The van der Waals surface area contributed by atoms with Crippen molar-refractivity contribution in [3.63, 3.8) is 0 Å². The topological polar surface area (TPSA) is 71.4 Å². The summed E-state index contributed by atoms with van der Waals surface area (Å²) in [6.45, 7) is 2.93. The second-order valence-electron chi connectivity index (χ2n) is 6.16. The van der Waals surface area contributed by atoms with Gasteiger partial charge < -0.3 is 14.8 Å². The van der Waals surface area contributed by atoms with E-state index in [2.05, 4.69) is 5.32 Å². The van der Waals surface area contributed by atoms with Crippen molar-refractivity contribution in [3.05, 3.63) is 64.2 Å². The monoisotopic (exact) mass is 382 g/mol. The van der Waals surface area contributed by atoms with Crippen molar-refractivity contribution in [3.8, 4) is 17.6 Å². The number of fused-ring (bicyclic) bond motifs is 1. The number of amides is 1. The molecule has 1 aliphatic heterocycles. The molecular weight excluding hydrogens is 364 g/mol. The van der Waals surface area contributed by atoms with Gasteiger partial charge in [-0.15, -0.1) is 0 Å². The quantitative estimate of drug-likeness (QED) is 0.632. The lowest BCUT2D eigenvalue weighted by molar-refractivity contribution is -0.117. The summed E-state index contributed by atoms with van der Waals surface area (Å²) in [4.78, 5) is 12.5. The minimum Gasteiger partial charge on any atom is -0.489 e. The number of carbonyl (C=O) groups is 1. The van der Waals surface area contributed by atoms with Crippen LogP contribution in [0.25, 0.3) is 6.08 Å². The number of hydrogen-bond donors (Lipinski definition) is 1. The van der Waals surface area contributed by atoms with E-state index in [-0.39, 0.29) is 11.6 Å². The average molecular weight is 383 g/mol. The molecule has 1 N–H and O–H groups in total. The Kier molecular flexibility index (Phi) is 6.00. The van der Waals surface area contributed by atoms with Crippen molar-refractivity contribution in [2.45, 2.75) is 19.4 Å². The molecule has 0 fully saturated rings. The van der Waals surface area contributed by atoms with Gasteiger partial charge in [0.15, 0.2) is 11.5 Å². The number of carbonyl (C=O) groups excluding carboxylic acids is 1. The van der Waals surface area contributed by atoms with Gasteiger partial charge in [0.05, 0.1) is 24.3 Å². The molecule has 0 spiro atoms. The van der Waals surface area contributed by atoms with E-state index in [0.717, 1.165) is 12.0 Å². The molecule has 0 radical (unpaired) electrons. The number of ether oxygens (including phenoxy) is 2. The van der Waals surface area contributed by atoms with Crippen molar-refractivity contribution in [1.29, 1.82) is 5.26 Å². The highest BCUT2D eigenvalue weighted by Gasteiger charge is 2.17. The summed E-state index contributed by atoms with van der Waals surface area (Å²) in [5.74, 6) is 0.561. The fourth-order valence-corrected chi connectivity index (χ4v) is 3.02. The smallest absolute Gasteiger partial charge is 0.262 e. The van der Waals surface area contributed by atoms with Crippen LogP contribution in [0, 0.1) is 11.3 Å². The van der Waals surface area contributed by atoms with Gasteiger partial charge >= 0.3 is 0 Å². The maximum atomic E-state index is 12.5. The van der Waals surface area contributed by atoms with Crippen LogP contribution in [0.1, 0.15) is 30.5 Å². The molecule has 6 heteroatoms. The standard InChI is InChI=1S/C21H19ClN2O3/c1-14(16-6-3-2-4-7-16)24-21(25)17(13-23)10-15-11-18(22)20-19(12-15)26-8-5-9-27-20/h2-4,6-7,10-12,14H,5,8-9H2,1H3,(H,24,25)/b17-10+/t14-/m0/s1. The molecule has 0 saturated heterocycles. The second kappa shape index (κ2) is 8.61. The zero-order chi connectivity index (χ0) is 19.2. The Labute approximate surface area is 163 Å². The van der Waals surface area contributed by atoms with Gasteiger partial charge in [-0.25, -0.2) is 0 Å². The first-order valence-electron chi connectivity index (χ1n) is 8.65. The van der Waals surface area contributed by atoms with E-state index in [0.29, 0.717) is 35.3 Å². The Bertz CT molecular complexity index is 904. The van der Waals surface area contributed by atoms with Gasteiger partial charge in [0.1, 0.15) is 11.6 Å². The summed E-state index contributed by atoms with van der Waals surface area (Å²) in [5, 5.41) is 12.6. The Hall–Kier alpha value is -2.97. The molecule has 1 heterocycles. The first-order valence-corrected chi connectivity index (χ1v) is 9.03. The maximum absolute atomic E-state index is 12.5. The summed E-state index contributed by atoms with van der Waals surface area (Å²) >= 11 is 6.27. The molecule has 0 aliphatic carbocycles. The third-order valence-corrected chi connectivity index (χ3v) is 4.43. The molecule has 0 unspecified atom stereocenters. The highest BCUT2D eigenvalue weighted by molar-refractivity contribution is 6.32. The Morgan fingerprint density at radius 3 is 2.74 bits per heavy atom. The van der Waals surface area contributed by atoms with Crippen LogP contribution in [0.2, 0.25) is 5.02 Å². The molecule has 5 nitrogen and oxygen atoms in total. The van der Waals surface area contributed by atoms with Gasteiger partial charge in [-0.3, -0.25) is 4.79 Å². The predicted molar refractivity (Wildman–Crippen MR) is 104 cm³/mol. The lowest BCUT2D eigenvalue weighted by atomic mass is 10.1. The zero-order valence-electron chi connectivity index (χ0n) is 14.9. The average Bonchev–Trinajstić information content (AvgIpc) is 2.92. The minimum atomic E-state index is -0.447. The number of halogens is 1. The zero-order valence-corrected chi connectivity index (χ0v) is 15.6. The van der Waals surface area contributed by atoms with E-state index in [1.54, 1.807) is 12.1 Å². The third kappa shape index (κ3) is 4.60. The van der Waals surface area contributed by atoms with Crippen molar-refractivity contribution in [1.82, 2.24) is 5.32 Å². The number of nitrogens with one attached hydrogen (secondary N) is 1. The summed E-state index contributed by atoms with van der Waals surface area (Å²) in [7, 11) is 0. The summed E-state index contributed by atoms with van der Waals surface area (Å²) in [6.07, 6.45) is 2.26. The van der Waals surface area contributed by atoms with Gasteiger partial charge in [0.25, 0.3) is 5.91 Å². The van der Waals surface area contributed by atoms with Crippen molar-refractivity contribution in [2.75, 3.05) is 13.2 Å². The number of benzene rings is 2. The van der Waals surface area contributed by atoms with E-state index in [9.17, 15) is 10.1 Å². The van der Waals surface area contributed by atoms with Crippen molar-refractivity contribution in [2.24, 2.45) is 0 Å². The Morgan fingerprint density at radius 2 is 2.00 bits per heavy atom. The number of nitrogens with zero attached hydrogens (tertiary/aromatic N) is 1. The molecule has 138 valence electrons. The molecule has 2 aromatic rings. The molecule has 0 aromatic heterocycles. The van der Waals surface area contributed by atoms with E-state index in [1.807, 2.05) is 43.3 Å². The molecule has 27 heavy (non-hydrogen) atoms. The minimum absolute atomic E-state index is 0.0108. The van der Waals surface area contributed by atoms with Gasteiger partial charge in [-0.1, -0.05) is 41.9 Å². The number of rotatable bonds is 4. The van der Waals surface area contributed by atoms with Crippen LogP contribution in [-0.2, 0) is 4.79 Å². The van der Waals surface area contributed by atoms with Crippen LogP contribution >= 0.6 is 11.6 Å². The third-order valence-electron chi connectivity index (χ3n) is 4.15. The SMILES string of the molecule is C[C@H](NC(=O)/C(C#N)=C/c1cc(Cl)c2c(c1)OCCCO2)c1ccccc1. The largest absolute Gasteiger partial charge is 0.489 e. The molecule has 1 atom stereocenters. The van der Waals surface area contributed by atoms with Gasteiger partial charge in [0, 0.05) is 6.42 Å². The van der Waals surface area contributed by atoms with E-state index < -0.39 is 5.91 Å². The normalized spacial score (nSPS) is 14.6. The van der Waals surface area contributed by atoms with E-state index >= 15 is 0 Å².